The van der Waals surface area contributed by atoms with E-state index in [1.807, 2.05) is 0 Å². The van der Waals surface area contributed by atoms with E-state index in [1.54, 1.807) is 17.0 Å². The summed E-state index contributed by atoms with van der Waals surface area (Å²) in [7, 11) is 4.29. The van der Waals surface area contributed by atoms with Gasteiger partial charge >= 0.3 is 0 Å². The average Bonchev–Trinajstić information content (AvgIpc) is 2.62. The van der Waals surface area contributed by atoms with Crippen LogP contribution in [0.5, 0.6) is 17.2 Å². The van der Waals surface area contributed by atoms with Gasteiger partial charge in [0.2, 0.25) is 0 Å². The number of hydrogen-bond donors (Lipinski definition) is 2. The molecular formula is C16H24F2N2O4. The molecule has 1 saturated heterocycles. The Labute approximate surface area is 140 Å². The van der Waals surface area contributed by atoms with Crippen LogP contribution < -0.4 is 19.5 Å². The predicted octanol–water partition coefficient (Wildman–Crippen LogP) is 1.29. The number of hydrogen-bond acceptors (Lipinski definition) is 6. The van der Waals surface area contributed by atoms with Crippen LogP contribution in [0.1, 0.15) is 11.6 Å². The number of aliphatic hydroxyl groups is 1. The Morgan fingerprint density at radius 3 is 2.08 bits per heavy atom. The van der Waals surface area contributed by atoms with Crippen LogP contribution in [0.3, 0.4) is 0 Å². The quantitative estimate of drug-likeness (QED) is 0.776. The van der Waals surface area contributed by atoms with E-state index in [2.05, 4.69) is 5.32 Å². The zero-order valence-corrected chi connectivity index (χ0v) is 14.1. The topological polar surface area (TPSA) is 63.2 Å². The molecule has 6 nitrogen and oxygen atoms in total. The fourth-order valence-corrected chi connectivity index (χ4v) is 2.99. The van der Waals surface area contributed by atoms with Crippen molar-refractivity contribution in [3.63, 3.8) is 0 Å². The molecule has 1 fully saturated rings. The summed E-state index contributed by atoms with van der Waals surface area (Å²) in [6, 6.07) is 1.72. The molecule has 24 heavy (non-hydrogen) atoms. The van der Waals surface area contributed by atoms with Gasteiger partial charge in [-0.3, -0.25) is 4.90 Å². The van der Waals surface area contributed by atoms with Gasteiger partial charge in [0.1, 0.15) is 29.9 Å². The fourth-order valence-electron chi connectivity index (χ4n) is 2.99. The molecule has 1 heterocycles. The lowest BCUT2D eigenvalue weighted by Crippen LogP contribution is -2.51. The second-order valence-electron chi connectivity index (χ2n) is 5.55. The van der Waals surface area contributed by atoms with Crippen molar-refractivity contribution in [3.8, 4) is 17.2 Å². The van der Waals surface area contributed by atoms with Crippen molar-refractivity contribution in [2.45, 2.75) is 12.0 Å². The molecular weight excluding hydrogens is 322 g/mol. The van der Waals surface area contributed by atoms with Crippen LogP contribution in [0.25, 0.3) is 0 Å². The lowest BCUT2D eigenvalue weighted by molar-refractivity contribution is -0.119. The lowest BCUT2D eigenvalue weighted by atomic mass is 9.95. The molecule has 0 saturated carbocycles. The van der Waals surface area contributed by atoms with E-state index in [0.717, 1.165) is 0 Å². The molecule has 2 rings (SSSR count). The van der Waals surface area contributed by atoms with Crippen molar-refractivity contribution in [2.24, 2.45) is 0 Å². The monoisotopic (exact) mass is 346 g/mol. The van der Waals surface area contributed by atoms with Crippen LogP contribution in [-0.4, -0.2) is 70.0 Å². The number of piperazine rings is 1. The second kappa shape index (κ2) is 7.96. The number of ether oxygens (including phenoxy) is 3. The maximum atomic E-state index is 14.6. The first-order valence-corrected chi connectivity index (χ1v) is 7.71. The summed E-state index contributed by atoms with van der Waals surface area (Å²) in [5.41, 5.74) is 0.210. The number of methoxy groups -OCH3 is 3. The third-order valence-electron chi connectivity index (χ3n) is 4.15. The molecule has 2 N–H and O–H groups in total. The summed E-state index contributed by atoms with van der Waals surface area (Å²) in [4.78, 5) is 1.64. The van der Waals surface area contributed by atoms with E-state index < -0.39 is 18.6 Å². The van der Waals surface area contributed by atoms with Gasteiger partial charge in [0, 0.05) is 38.3 Å². The molecule has 0 unspecified atom stereocenters. The van der Waals surface area contributed by atoms with Gasteiger partial charge in [0.25, 0.3) is 5.92 Å². The normalized spacial score (nSPS) is 17.4. The molecule has 0 spiro atoms. The van der Waals surface area contributed by atoms with Crippen molar-refractivity contribution in [2.75, 3.05) is 54.1 Å². The van der Waals surface area contributed by atoms with E-state index in [-0.39, 0.29) is 17.1 Å². The Hall–Kier alpha value is -1.64. The van der Waals surface area contributed by atoms with E-state index in [9.17, 15) is 13.9 Å². The highest BCUT2D eigenvalue weighted by Crippen LogP contribution is 2.46. The Bertz CT molecular complexity index is 526. The van der Waals surface area contributed by atoms with Crippen LogP contribution >= 0.6 is 0 Å². The first kappa shape index (κ1) is 18.7. The van der Waals surface area contributed by atoms with E-state index >= 15 is 0 Å². The molecule has 0 amide bonds. The minimum absolute atomic E-state index is 0.210. The number of alkyl halides is 2. The molecule has 1 aliphatic rings. The summed E-state index contributed by atoms with van der Waals surface area (Å²) in [6.45, 7) is 0.786. The molecule has 0 radical (unpaired) electrons. The fraction of sp³-hybridized carbons (Fsp3) is 0.625. The van der Waals surface area contributed by atoms with Gasteiger partial charge in [-0.15, -0.1) is 0 Å². The van der Waals surface area contributed by atoms with Gasteiger partial charge in [-0.25, -0.2) is 8.78 Å². The van der Waals surface area contributed by atoms with Gasteiger partial charge in [0.15, 0.2) is 0 Å². The predicted molar refractivity (Wildman–Crippen MR) is 85.3 cm³/mol. The largest absolute Gasteiger partial charge is 0.496 e. The highest BCUT2D eigenvalue weighted by Gasteiger charge is 2.47. The number of halogens is 2. The number of rotatable bonds is 7. The second-order valence-corrected chi connectivity index (χ2v) is 5.55. The van der Waals surface area contributed by atoms with E-state index in [4.69, 9.17) is 14.2 Å². The van der Waals surface area contributed by atoms with Crippen molar-refractivity contribution in [1.29, 1.82) is 0 Å². The zero-order chi connectivity index (χ0) is 17.7. The minimum atomic E-state index is -3.35. The maximum Gasteiger partial charge on any atom is 0.290 e. The van der Waals surface area contributed by atoms with Crippen molar-refractivity contribution < 1.29 is 28.1 Å². The van der Waals surface area contributed by atoms with Crippen LogP contribution in [0.2, 0.25) is 0 Å². The average molecular weight is 346 g/mol. The van der Waals surface area contributed by atoms with Gasteiger partial charge in [0.05, 0.1) is 26.9 Å². The third-order valence-corrected chi connectivity index (χ3v) is 4.15. The molecule has 0 aliphatic carbocycles. The lowest BCUT2D eigenvalue weighted by Gasteiger charge is -2.39. The molecule has 1 aliphatic heterocycles. The number of nitrogens with one attached hydrogen (secondary N) is 1. The minimum Gasteiger partial charge on any atom is -0.496 e. The maximum absolute atomic E-state index is 14.6. The smallest absolute Gasteiger partial charge is 0.290 e. The molecule has 1 atom stereocenters. The van der Waals surface area contributed by atoms with Crippen LogP contribution in [0.15, 0.2) is 12.1 Å². The molecule has 8 heteroatoms. The van der Waals surface area contributed by atoms with Crippen LogP contribution in [0, 0.1) is 0 Å². The van der Waals surface area contributed by atoms with Crippen LogP contribution in [0.4, 0.5) is 8.78 Å². The van der Waals surface area contributed by atoms with E-state index in [0.29, 0.717) is 31.9 Å². The molecule has 0 aromatic heterocycles. The molecule has 1 aromatic rings. The summed E-state index contributed by atoms with van der Waals surface area (Å²) in [5.74, 6) is -2.43. The summed E-state index contributed by atoms with van der Waals surface area (Å²) in [6.07, 6.45) is 0. The highest BCUT2D eigenvalue weighted by molar-refractivity contribution is 5.53. The van der Waals surface area contributed by atoms with Gasteiger partial charge < -0.3 is 24.6 Å². The van der Waals surface area contributed by atoms with E-state index in [1.165, 1.54) is 21.3 Å². The van der Waals surface area contributed by atoms with Crippen LogP contribution in [-0.2, 0) is 0 Å². The Morgan fingerprint density at radius 1 is 1.12 bits per heavy atom. The third kappa shape index (κ3) is 3.71. The molecule has 136 valence electrons. The molecule has 1 aromatic carbocycles. The Kier molecular flexibility index (Phi) is 6.20. The zero-order valence-electron chi connectivity index (χ0n) is 14.1. The number of aliphatic hydroxyl groups excluding tert-OH is 1. The van der Waals surface area contributed by atoms with Gasteiger partial charge in [-0.2, -0.15) is 0 Å². The highest BCUT2D eigenvalue weighted by atomic mass is 19.3. The SMILES string of the molecule is COc1cc(OC)c([C@@H](N2CCNCC2)C(F)(F)CO)c(OC)c1. The standard InChI is InChI=1S/C16H24F2N2O4/c1-22-11-8-12(23-2)14(13(9-11)24-3)15(16(17,18)10-21)20-6-4-19-5-7-20/h8-9,15,19,21H,4-7,10H2,1-3H3/t15-/m1/s1. The number of benzene rings is 1. The van der Waals surface area contributed by atoms with Crippen molar-refractivity contribution in [1.82, 2.24) is 10.2 Å². The summed E-state index contributed by atoms with van der Waals surface area (Å²) >= 11 is 0. The molecule has 0 bridgehead atoms. The first-order valence-electron chi connectivity index (χ1n) is 7.71. The summed E-state index contributed by atoms with van der Waals surface area (Å²) in [5, 5.41) is 12.4. The van der Waals surface area contributed by atoms with Gasteiger partial charge in [-0.05, 0) is 0 Å². The van der Waals surface area contributed by atoms with Crippen molar-refractivity contribution >= 4 is 0 Å². The van der Waals surface area contributed by atoms with Crippen molar-refractivity contribution in [3.05, 3.63) is 17.7 Å². The van der Waals surface area contributed by atoms with Gasteiger partial charge in [-0.1, -0.05) is 0 Å². The summed E-state index contributed by atoms with van der Waals surface area (Å²) < 4.78 is 45.1. The first-order chi connectivity index (χ1) is 11.5. The number of nitrogens with zero attached hydrogens (tertiary/aromatic N) is 1. The Morgan fingerprint density at radius 2 is 1.67 bits per heavy atom. The Balaban J connectivity index is 2.59.